The summed E-state index contributed by atoms with van der Waals surface area (Å²) in [5.74, 6) is 0. The Kier molecular flexibility index (Phi) is 6.13. The summed E-state index contributed by atoms with van der Waals surface area (Å²) in [5.41, 5.74) is 7.49. The second-order valence-electron chi connectivity index (χ2n) is 5.41. The lowest BCUT2D eigenvalue weighted by Crippen LogP contribution is -2.34. The van der Waals surface area contributed by atoms with Crippen molar-refractivity contribution in [2.24, 2.45) is 5.73 Å². The molecule has 1 atom stereocenters. The lowest BCUT2D eigenvalue weighted by molar-refractivity contribution is 0.379. The number of nitrogens with one attached hydrogen (secondary N) is 1. The van der Waals surface area contributed by atoms with E-state index < -0.39 is 10.0 Å². The van der Waals surface area contributed by atoms with Crippen molar-refractivity contribution in [1.29, 1.82) is 0 Å². The molecule has 0 spiro atoms. The maximum absolute atomic E-state index is 12.3. The van der Waals surface area contributed by atoms with Gasteiger partial charge in [-0.05, 0) is 64.2 Å². The molecule has 0 fully saturated rings. The molecule has 0 bridgehead atoms. The van der Waals surface area contributed by atoms with Crippen LogP contribution in [0.3, 0.4) is 0 Å². The molecule has 0 saturated carbocycles. The van der Waals surface area contributed by atoms with Crippen LogP contribution >= 0.6 is 0 Å². The highest BCUT2D eigenvalue weighted by atomic mass is 32.2. The van der Waals surface area contributed by atoms with E-state index in [0.717, 1.165) is 24.1 Å². The zero-order valence-electron chi connectivity index (χ0n) is 12.7. The van der Waals surface area contributed by atoms with Gasteiger partial charge in [-0.1, -0.05) is 6.07 Å². The van der Waals surface area contributed by atoms with Crippen LogP contribution in [0.15, 0.2) is 23.1 Å². The van der Waals surface area contributed by atoms with Gasteiger partial charge in [-0.2, -0.15) is 0 Å². The van der Waals surface area contributed by atoms with E-state index in [-0.39, 0.29) is 10.9 Å². The number of sulfonamides is 1. The number of nitrogens with zero attached hydrogens (tertiary/aromatic N) is 1. The fourth-order valence-corrected chi connectivity index (χ4v) is 3.21. The van der Waals surface area contributed by atoms with Crippen LogP contribution < -0.4 is 10.5 Å². The van der Waals surface area contributed by atoms with Gasteiger partial charge in [0, 0.05) is 12.6 Å². The Morgan fingerprint density at radius 2 is 2.00 bits per heavy atom. The maximum Gasteiger partial charge on any atom is 0.240 e. The van der Waals surface area contributed by atoms with Crippen molar-refractivity contribution in [1.82, 2.24) is 9.62 Å². The molecular formula is C14H25N3O2S. The van der Waals surface area contributed by atoms with Crippen LogP contribution in [0.2, 0.25) is 0 Å². The molecule has 0 heterocycles. The van der Waals surface area contributed by atoms with Gasteiger partial charge in [0.25, 0.3) is 0 Å². The van der Waals surface area contributed by atoms with Gasteiger partial charge in [0.1, 0.15) is 0 Å². The van der Waals surface area contributed by atoms with Crippen molar-refractivity contribution in [2.75, 3.05) is 20.6 Å². The first-order chi connectivity index (χ1) is 9.26. The van der Waals surface area contributed by atoms with Crippen LogP contribution in [0.5, 0.6) is 0 Å². The van der Waals surface area contributed by atoms with Gasteiger partial charge in [-0.15, -0.1) is 0 Å². The molecule has 1 rings (SSSR count). The summed E-state index contributed by atoms with van der Waals surface area (Å²) >= 11 is 0. The summed E-state index contributed by atoms with van der Waals surface area (Å²) in [6, 6.07) is 4.96. The summed E-state index contributed by atoms with van der Waals surface area (Å²) in [6.45, 7) is 4.97. The monoisotopic (exact) mass is 299 g/mol. The molecule has 20 heavy (non-hydrogen) atoms. The Morgan fingerprint density at radius 3 is 2.55 bits per heavy atom. The second kappa shape index (κ2) is 7.17. The minimum Gasteiger partial charge on any atom is -0.326 e. The van der Waals surface area contributed by atoms with Crippen LogP contribution in [0.4, 0.5) is 0 Å². The Morgan fingerprint density at radius 1 is 1.35 bits per heavy atom. The van der Waals surface area contributed by atoms with Gasteiger partial charge in [0.05, 0.1) is 4.90 Å². The number of benzene rings is 1. The smallest absolute Gasteiger partial charge is 0.240 e. The molecule has 0 aliphatic rings. The first kappa shape index (κ1) is 17.1. The molecule has 0 aliphatic heterocycles. The molecule has 0 amide bonds. The van der Waals surface area contributed by atoms with E-state index in [9.17, 15) is 8.42 Å². The summed E-state index contributed by atoms with van der Waals surface area (Å²) in [6.07, 6.45) is 0.766. The Labute approximate surface area is 122 Å². The summed E-state index contributed by atoms with van der Waals surface area (Å²) in [4.78, 5) is 2.31. The molecule has 114 valence electrons. The van der Waals surface area contributed by atoms with Crippen molar-refractivity contribution in [3.8, 4) is 0 Å². The Balaban J connectivity index is 2.83. The average Bonchev–Trinajstić information content (AvgIpc) is 2.36. The molecule has 5 nitrogen and oxygen atoms in total. The lowest BCUT2D eigenvalue weighted by atomic mass is 10.1. The van der Waals surface area contributed by atoms with Crippen molar-refractivity contribution in [2.45, 2.75) is 37.8 Å². The fourth-order valence-electron chi connectivity index (χ4n) is 1.88. The van der Waals surface area contributed by atoms with Crippen molar-refractivity contribution in [3.05, 3.63) is 29.3 Å². The number of hydrogen-bond acceptors (Lipinski definition) is 4. The first-order valence-corrected chi connectivity index (χ1v) is 8.21. The molecule has 1 aromatic rings. The normalized spacial score (nSPS) is 13.7. The minimum atomic E-state index is -3.48. The summed E-state index contributed by atoms with van der Waals surface area (Å²) < 4.78 is 27.3. The second-order valence-corrected chi connectivity index (χ2v) is 7.12. The molecule has 0 saturated heterocycles. The van der Waals surface area contributed by atoms with Gasteiger partial charge in [-0.3, -0.25) is 0 Å². The van der Waals surface area contributed by atoms with Gasteiger partial charge in [-0.25, -0.2) is 13.1 Å². The number of hydrogen-bond donors (Lipinski definition) is 2. The predicted octanol–water partition coefficient (Wildman–Crippen LogP) is 1.07. The fraction of sp³-hybridized carbons (Fsp3) is 0.571. The zero-order valence-corrected chi connectivity index (χ0v) is 13.5. The molecule has 0 radical (unpaired) electrons. The van der Waals surface area contributed by atoms with E-state index in [2.05, 4.69) is 4.72 Å². The van der Waals surface area contributed by atoms with Crippen LogP contribution in [-0.2, 0) is 16.6 Å². The zero-order chi connectivity index (χ0) is 15.3. The van der Waals surface area contributed by atoms with Crippen molar-refractivity contribution < 1.29 is 8.42 Å². The number of rotatable bonds is 7. The molecule has 1 unspecified atom stereocenters. The van der Waals surface area contributed by atoms with Crippen LogP contribution in [0, 0.1) is 6.92 Å². The third kappa shape index (κ3) is 4.86. The largest absolute Gasteiger partial charge is 0.326 e. The van der Waals surface area contributed by atoms with Crippen LogP contribution in [0.25, 0.3) is 0 Å². The number of aryl methyl sites for hydroxylation is 1. The topological polar surface area (TPSA) is 75.4 Å². The predicted molar refractivity (Wildman–Crippen MR) is 82.0 cm³/mol. The molecule has 1 aromatic carbocycles. The van der Waals surface area contributed by atoms with E-state index in [1.807, 2.05) is 32.8 Å². The van der Waals surface area contributed by atoms with Gasteiger partial charge in [0.15, 0.2) is 0 Å². The van der Waals surface area contributed by atoms with E-state index in [1.165, 1.54) is 0 Å². The average molecular weight is 299 g/mol. The molecule has 0 aromatic heterocycles. The van der Waals surface area contributed by atoms with Crippen molar-refractivity contribution >= 4 is 10.0 Å². The van der Waals surface area contributed by atoms with Crippen molar-refractivity contribution in [3.63, 3.8) is 0 Å². The van der Waals surface area contributed by atoms with Gasteiger partial charge < -0.3 is 10.6 Å². The maximum atomic E-state index is 12.3. The van der Waals surface area contributed by atoms with E-state index >= 15 is 0 Å². The van der Waals surface area contributed by atoms with E-state index in [4.69, 9.17) is 5.73 Å². The lowest BCUT2D eigenvalue weighted by Gasteiger charge is -2.17. The highest BCUT2D eigenvalue weighted by molar-refractivity contribution is 7.89. The van der Waals surface area contributed by atoms with Crippen LogP contribution in [0.1, 0.15) is 24.5 Å². The van der Waals surface area contributed by atoms with E-state index in [0.29, 0.717) is 6.54 Å². The molecular weight excluding hydrogens is 274 g/mol. The van der Waals surface area contributed by atoms with E-state index in [1.54, 1.807) is 18.2 Å². The molecule has 0 aliphatic carbocycles. The Bertz CT molecular complexity index is 541. The molecule has 6 heteroatoms. The summed E-state index contributed by atoms with van der Waals surface area (Å²) in [7, 11) is 0.453. The van der Waals surface area contributed by atoms with Gasteiger partial charge >= 0.3 is 0 Å². The Hall–Kier alpha value is -0.950. The first-order valence-electron chi connectivity index (χ1n) is 6.73. The molecule has 3 N–H and O–H groups in total. The third-order valence-electron chi connectivity index (χ3n) is 3.22. The highest BCUT2D eigenvalue weighted by Gasteiger charge is 2.18. The van der Waals surface area contributed by atoms with Crippen LogP contribution in [-0.4, -0.2) is 40.0 Å². The van der Waals surface area contributed by atoms with Gasteiger partial charge in [0.2, 0.25) is 10.0 Å². The number of nitrogens with two attached hydrogens (primary N) is 1. The quantitative estimate of drug-likeness (QED) is 0.790. The standard InChI is InChI=1S/C14H25N3O2S/c1-11-5-6-14(9-13(11)10-15)20(18,19)16-12(2)7-8-17(3)4/h5-6,9,12,16H,7-8,10,15H2,1-4H3. The summed E-state index contributed by atoms with van der Waals surface area (Å²) in [5, 5.41) is 0. The third-order valence-corrected chi connectivity index (χ3v) is 4.80. The SMILES string of the molecule is Cc1ccc(S(=O)(=O)NC(C)CCN(C)C)cc1CN. The minimum absolute atomic E-state index is 0.106. The highest BCUT2D eigenvalue weighted by Crippen LogP contribution is 2.15.